The summed E-state index contributed by atoms with van der Waals surface area (Å²) >= 11 is 7.02. The monoisotopic (exact) mass is 395 g/mol. The zero-order chi connectivity index (χ0) is 14.3. The Morgan fingerprint density at radius 3 is 2.55 bits per heavy atom. The number of hydrogen-bond donors (Lipinski definition) is 1. The van der Waals surface area contributed by atoms with Gasteiger partial charge in [0.05, 0.1) is 10.2 Å². The lowest BCUT2D eigenvalue weighted by atomic mass is 10.1. The number of rotatable bonds is 2. The SMILES string of the molecule is CCc1c(Br)c(N)c(Br)c2nc(-c3ccncc3)oc12. The van der Waals surface area contributed by atoms with E-state index in [1.165, 1.54) is 0 Å². The molecular formula is C14H11Br2N3O. The Bertz CT molecular complexity index is 784. The fourth-order valence-corrected chi connectivity index (χ4v) is 3.48. The van der Waals surface area contributed by atoms with Crippen LogP contribution >= 0.6 is 31.9 Å². The summed E-state index contributed by atoms with van der Waals surface area (Å²) in [6.07, 6.45) is 4.23. The number of aromatic nitrogens is 2. The van der Waals surface area contributed by atoms with Crippen molar-refractivity contribution in [2.24, 2.45) is 0 Å². The topological polar surface area (TPSA) is 64.9 Å². The van der Waals surface area contributed by atoms with Crippen LogP contribution in [-0.4, -0.2) is 9.97 Å². The molecule has 6 heteroatoms. The van der Waals surface area contributed by atoms with Gasteiger partial charge >= 0.3 is 0 Å². The maximum absolute atomic E-state index is 6.09. The molecule has 0 unspecified atom stereocenters. The largest absolute Gasteiger partial charge is 0.436 e. The van der Waals surface area contributed by atoms with Gasteiger partial charge in [0.15, 0.2) is 5.58 Å². The van der Waals surface area contributed by atoms with Crippen molar-refractivity contribution in [3.8, 4) is 11.5 Å². The quantitative estimate of drug-likeness (QED) is 0.645. The smallest absolute Gasteiger partial charge is 0.227 e. The molecule has 4 nitrogen and oxygen atoms in total. The zero-order valence-electron chi connectivity index (χ0n) is 10.7. The van der Waals surface area contributed by atoms with Gasteiger partial charge in [0.2, 0.25) is 5.89 Å². The van der Waals surface area contributed by atoms with Crippen molar-refractivity contribution in [2.75, 3.05) is 5.73 Å². The highest BCUT2D eigenvalue weighted by molar-refractivity contribution is 9.11. The summed E-state index contributed by atoms with van der Waals surface area (Å²) in [7, 11) is 0. The molecule has 0 radical (unpaired) electrons. The van der Waals surface area contributed by atoms with Crippen molar-refractivity contribution in [1.29, 1.82) is 0 Å². The molecule has 3 aromatic rings. The Morgan fingerprint density at radius 1 is 1.20 bits per heavy atom. The standard InChI is InChI=1S/C14H11Br2N3O/c1-2-8-9(15)11(17)10(16)12-13(8)20-14(19-12)7-3-5-18-6-4-7/h3-6H,2,17H2,1H3. The molecule has 1 aromatic carbocycles. The van der Waals surface area contributed by atoms with Crippen LogP contribution in [0.25, 0.3) is 22.6 Å². The highest BCUT2D eigenvalue weighted by Gasteiger charge is 2.19. The van der Waals surface area contributed by atoms with E-state index in [2.05, 4.69) is 48.8 Å². The first-order valence-electron chi connectivity index (χ1n) is 6.09. The minimum absolute atomic E-state index is 0.565. The second kappa shape index (κ2) is 5.18. The van der Waals surface area contributed by atoms with Crippen LogP contribution in [0.2, 0.25) is 0 Å². The minimum Gasteiger partial charge on any atom is -0.436 e. The van der Waals surface area contributed by atoms with Gasteiger partial charge in [-0.2, -0.15) is 0 Å². The zero-order valence-corrected chi connectivity index (χ0v) is 13.8. The molecule has 0 bridgehead atoms. The van der Waals surface area contributed by atoms with Crippen LogP contribution in [0.3, 0.4) is 0 Å². The Labute approximate surface area is 132 Å². The molecule has 2 aromatic heterocycles. The molecule has 0 amide bonds. The molecule has 0 aliphatic heterocycles. The molecule has 0 saturated heterocycles. The van der Waals surface area contributed by atoms with Crippen molar-refractivity contribution in [3.05, 3.63) is 39.0 Å². The van der Waals surface area contributed by atoms with Crippen LogP contribution in [0, 0.1) is 0 Å². The number of halogens is 2. The molecular weight excluding hydrogens is 386 g/mol. The summed E-state index contributed by atoms with van der Waals surface area (Å²) in [6, 6.07) is 3.73. The summed E-state index contributed by atoms with van der Waals surface area (Å²) in [6.45, 7) is 2.06. The fourth-order valence-electron chi connectivity index (χ4n) is 2.09. The molecule has 0 saturated carbocycles. The van der Waals surface area contributed by atoms with Crippen LogP contribution in [0.4, 0.5) is 5.69 Å². The lowest BCUT2D eigenvalue weighted by molar-refractivity contribution is 0.615. The van der Waals surface area contributed by atoms with E-state index in [-0.39, 0.29) is 0 Å². The van der Waals surface area contributed by atoms with E-state index < -0.39 is 0 Å². The summed E-state index contributed by atoms with van der Waals surface area (Å²) in [5, 5.41) is 0. The van der Waals surface area contributed by atoms with Gasteiger partial charge in [-0.05, 0) is 50.4 Å². The third-order valence-corrected chi connectivity index (χ3v) is 4.84. The van der Waals surface area contributed by atoms with Gasteiger partial charge in [0, 0.05) is 28.0 Å². The second-order valence-electron chi connectivity index (χ2n) is 4.31. The first-order valence-corrected chi connectivity index (χ1v) is 7.68. The maximum Gasteiger partial charge on any atom is 0.227 e. The van der Waals surface area contributed by atoms with E-state index in [0.29, 0.717) is 11.6 Å². The molecule has 2 N–H and O–H groups in total. The van der Waals surface area contributed by atoms with Crippen LogP contribution < -0.4 is 5.73 Å². The Kier molecular flexibility index (Phi) is 3.52. The number of benzene rings is 1. The van der Waals surface area contributed by atoms with E-state index in [0.717, 1.165) is 37.6 Å². The first kappa shape index (κ1) is 13.6. The van der Waals surface area contributed by atoms with Gasteiger partial charge in [-0.1, -0.05) is 6.92 Å². The summed E-state index contributed by atoms with van der Waals surface area (Å²) in [4.78, 5) is 8.55. The van der Waals surface area contributed by atoms with E-state index in [1.54, 1.807) is 12.4 Å². The highest BCUT2D eigenvalue weighted by atomic mass is 79.9. The summed E-state index contributed by atoms with van der Waals surface area (Å²) in [5.41, 5.74) is 10.1. The minimum atomic E-state index is 0.565. The predicted molar refractivity (Wildman–Crippen MR) is 86.4 cm³/mol. The van der Waals surface area contributed by atoms with Crippen LogP contribution in [0.5, 0.6) is 0 Å². The van der Waals surface area contributed by atoms with Crippen molar-refractivity contribution < 1.29 is 4.42 Å². The van der Waals surface area contributed by atoms with Crippen molar-refractivity contribution in [3.63, 3.8) is 0 Å². The summed E-state index contributed by atoms with van der Waals surface area (Å²) < 4.78 is 7.55. The van der Waals surface area contributed by atoms with E-state index >= 15 is 0 Å². The van der Waals surface area contributed by atoms with Gasteiger partial charge < -0.3 is 10.2 Å². The van der Waals surface area contributed by atoms with Crippen LogP contribution in [0.1, 0.15) is 12.5 Å². The lowest BCUT2D eigenvalue weighted by Gasteiger charge is -2.07. The number of oxazole rings is 1. The van der Waals surface area contributed by atoms with E-state index in [1.807, 2.05) is 12.1 Å². The first-order chi connectivity index (χ1) is 9.63. The number of hydrogen-bond acceptors (Lipinski definition) is 4. The number of nitrogens with two attached hydrogens (primary N) is 1. The maximum atomic E-state index is 6.09. The molecule has 20 heavy (non-hydrogen) atoms. The number of nitrogens with zero attached hydrogens (tertiary/aromatic N) is 2. The van der Waals surface area contributed by atoms with E-state index in [4.69, 9.17) is 10.2 Å². The van der Waals surface area contributed by atoms with Crippen LogP contribution in [0.15, 0.2) is 37.9 Å². The molecule has 102 valence electrons. The van der Waals surface area contributed by atoms with Crippen LogP contribution in [-0.2, 0) is 6.42 Å². The van der Waals surface area contributed by atoms with Gasteiger partial charge in [0.1, 0.15) is 5.52 Å². The van der Waals surface area contributed by atoms with Gasteiger partial charge in [0.25, 0.3) is 0 Å². The van der Waals surface area contributed by atoms with Crippen molar-refractivity contribution >= 4 is 48.6 Å². The lowest BCUT2D eigenvalue weighted by Crippen LogP contribution is -1.94. The number of anilines is 1. The van der Waals surface area contributed by atoms with Crippen molar-refractivity contribution in [2.45, 2.75) is 13.3 Å². The summed E-state index contributed by atoms with van der Waals surface area (Å²) in [5.74, 6) is 0.565. The third-order valence-electron chi connectivity index (χ3n) is 3.13. The Balaban J connectivity index is 2.33. The Hall–Kier alpha value is -1.40. The Morgan fingerprint density at radius 2 is 1.90 bits per heavy atom. The molecule has 0 aliphatic rings. The second-order valence-corrected chi connectivity index (χ2v) is 5.89. The average molecular weight is 397 g/mol. The van der Waals surface area contributed by atoms with Gasteiger partial charge in [-0.25, -0.2) is 4.98 Å². The normalized spacial score (nSPS) is 11.2. The number of aryl methyl sites for hydroxylation is 1. The molecule has 2 heterocycles. The van der Waals surface area contributed by atoms with E-state index in [9.17, 15) is 0 Å². The van der Waals surface area contributed by atoms with Gasteiger partial charge in [-0.3, -0.25) is 4.98 Å². The molecule has 0 aliphatic carbocycles. The molecule has 0 fully saturated rings. The highest BCUT2D eigenvalue weighted by Crippen LogP contribution is 2.41. The predicted octanol–water partition coefficient (Wildman–Crippen LogP) is 4.56. The molecule has 3 rings (SSSR count). The fraction of sp³-hybridized carbons (Fsp3) is 0.143. The van der Waals surface area contributed by atoms with Crippen molar-refractivity contribution in [1.82, 2.24) is 9.97 Å². The average Bonchev–Trinajstić information content (AvgIpc) is 2.91. The number of fused-ring (bicyclic) bond motifs is 1. The molecule has 0 atom stereocenters. The van der Waals surface area contributed by atoms with Gasteiger partial charge in [-0.15, -0.1) is 0 Å². The molecule has 0 spiro atoms. The third kappa shape index (κ3) is 2.03. The number of nitrogen functional groups attached to an aromatic ring is 1. The number of pyridine rings is 1.